The summed E-state index contributed by atoms with van der Waals surface area (Å²) in [4.78, 5) is 13.3. The van der Waals surface area contributed by atoms with E-state index in [0.717, 1.165) is 28.1 Å². The van der Waals surface area contributed by atoms with E-state index in [0.29, 0.717) is 13.1 Å². The molecule has 5 nitrogen and oxygen atoms in total. The lowest BCUT2D eigenvalue weighted by atomic mass is 9.75. The van der Waals surface area contributed by atoms with Gasteiger partial charge in [0.05, 0.1) is 0 Å². The maximum atomic E-state index is 13.7. The molecule has 0 spiro atoms. The van der Waals surface area contributed by atoms with Crippen LogP contribution in [0, 0.1) is 5.82 Å². The van der Waals surface area contributed by atoms with Crippen LogP contribution in [0.25, 0.3) is 0 Å². The Balaban J connectivity index is 1.84. The van der Waals surface area contributed by atoms with Gasteiger partial charge in [-0.2, -0.15) is 0 Å². The number of pyridine rings is 3. The third-order valence-electron chi connectivity index (χ3n) is 5.25. The SMILES string of the molecule is NCCNc1ccc(C(c2ccc(F)cc2)C(c2cccnc2)c2cccnc2)cn1. The van der Waals surface area contributed by atoms with Gasteiger partial charge >= 0.3 is 0 Å². The van der Waals surface area contributed by atoms with E-state index < -0.39 is 0 Å². The molecule has 0 saturated heterocycles. The van der Waals surface area contributed by atoms with Gasteiger partial charge in [0.2, 0.25) is 0 Å². The molecule has 31 heavy (non-hydrogen) atoms. The van der Waals surface area contributed by atoms with Crippen LogP contribution in [0.15, 0.2) is 91.6 Å². The molecule has 1 aromatic carbocycles. The summed E-state index contributed by atoms with van der Waals surface area (Å²) in [5, 5.41) is 3.19. The predicted molar refractivity (Wildman–Crippen MR) is 120 cm³/mol. The van der Waals surface area contributed by atoms with Gasteiger partial charge in [0, 0.05) is 55.9 Å². The maximum absolute atomic E-state index is 13.7. The molecule has 0 bridgehead atoms. The molecule has 4 aromatic rings. The first kappa shape index (κ1) is 20.6. The fraction of sp³-hybridized carbons (Fsp3) is 0.160. The normalized spacial score (nSPS) is 12.0. The Morgan fingerprint density at radius 2 is 1.32 bits per heavy atom. The number of aromatic nitrogens is 3. The van der Waals surface area contributed by atoms with Crippen molar-refractivity contribution in [3.8, 4) is 0 Å². The van der Waals surface area contributed by atoms with E-state index in [-0.39, 0.29) is 17.7 Å². The lowest BCUT2D eigenvalue weighted by Gasteiger charge is -2.29. The monoisotopic (exact) mass is 413 g/mol. The van der Waals surface area contributed by atoms with Crippen molar-refractivity contribution in [2.75, 3.05) is 18.4 Å². The summed E-state index contributed by atoms with van der Waals surface area (Å²) in [6.45, 7) is 1.19. The second-order valence-corrected chi connectivity index (χ2v) is 7.27. The Morgan fingerprint density at radius 3 is 1.84 bits per heavy atom. The van der Waals surface area contributed by atoms with Crippen molar-refractivity contribution in [2.45, 2.75) is 11.8 Å². The van der Waals surface area contributed by atoms with Crippen LogP contribution in [-0.2, 0) is 0 Å². The van der Waals surface area contributed by atoms with Crippen molar-refractivity contribution in [3.05, 3.63) is 120 Å². The molecular formula is C25H24FN5. The van der Waals surface area contributed by atoms with Gasteiger partial charge in [-0.1, -0.05) is 30.3 Å². The van der Waals surface area contributed by atoms with Crippen molar-refractivity contribution in [1.82, 2.24) is 15.0 Å². The van der Waals surface area contributed by atoms with Crippen molar-refractivity contribution in [3.63, 3.8) is 0 Å². The van der Waals surface area contributed by atoms with E-state index >= 15 is 0 Å². The molecule has 0 radical (unpaired) electrons. The summed E-state index contributed by atoms with van der Waals surface area (Å²) in [6.07, 6.45) is 9.14. The summed E-state index contributed by atoms with van der Waals surface area (Å²) in [5.74, 6) is 0.329. The zero-order chi connectivity index (χ0) is 21.5. The van der Waals surface area contributed by atoms with Gasteiger partial charge in [-0.05, 0) is 52.6 Å². The van der Waals surface area contributed by atoms with Crippen molar-refractivity contribution in [2.24, 2.45) is 5.73 Å². The van der Waals surface area contributed by atoms with Gasteiger partial charge in [0.1, 0.15) is 11.6 Å². The Labute approximate surface area is 181 Å². The topological polar surface area (TPSA) is 76.7 Å². The zero-order valence-electron chi connectivity index (χ0n) is 17.0. The largest absolute Gasteiger partial charge is 0.369 e. The van der Waals surface area contributed by atoms with Gasteiger partial charge in [0.25, 0.3) is 0 Å². The number of halogens is 1. The van der Waals surface area contributed by atoms with Gasteiger partial charge in [-0.3, -0.25) is 9.97 Å². The fourth-order valence-electron chi connectivity index (χ4n) is 3.84. The van der Waals surface area contributed by atoms with Crippen molar-refractivity contribution in [1.29, 1.82) is 0 Å². The Morgan fingerprint density at radius 1 is 0.742 bits per heavy atom. The number of benzene rings is 1. The Bertz CT molecular complexity index is 1030. The summed E-state index contributed by atoms with van der Waals surface area (Å²) in [6, 6.07) is 18.6. The molecule has 3 heterocycles. The first-order chi connectivity index (χ1) is 15.3. The standard InChI is InChI=1S/C25H24FN5/c26-22-8-5-18(6-9-22)24(21-7-10-23(31-17-21)30-14-11-27)25(19-3-1-12-28-15-19)20-4-2-13-29-16-20/h1-10,12-13,15-17,24-25H,11,14,27H2,(H,30,31). The van der Waals surface area contributed by atoms with Crippen LogP contribution < -0.4 is 11.1 Å². The number of nitrogens with two attached hydrogens (primary N) is 1. The highest BCUT2D eigenvalue weighted by Gasteiger charge is 2.29. The number of rotatable bonds is 8. The molecule has 0 fully saturated rings. The number of nitrogens with zero attached hydrogens (tertiary/aromatic N) is 3. The molecule has 1 unspecified atom stereocenters. The van der Waals surface area contributed by atoms with Crippen LogP contribution in [0.2, 0.25) is 0 Å². The van der Waals surface area contributed by atoms with Crippen LogP contribution in [0.3, 0.4) is 0 Å². The Hall–Kier alpha value is -3.64. The molecule has 0 saturated carbocycles. The molecular weight excluding hydrogens is 389 g/mol. The second kappa shape index (κ2) is 9.91. The smallest absolute Gasteiger partial charge is 0.125 e. The van der Waals surface area contributed by atoms with Crippen LogP contribution in [0.5, 0.6) is 0 Å². The van der Waals surface area contributed by atoms with Crippen molar-refractivity contribution < 1.29 is 4.39 Å². The molecule has 0 aliphatic rings. The molecule has 3 aromatic heterocycles. The highest BCUT2D eigenvalue weighted by molar-refractivity contribution is 5.45. The Kier molecular flexibility index (Phi) is 6.59. The minimum Gasteiger partial charge on any atom is -0.369 e. The minimum absolute atomic E-state index is 0.0717. The molecule has 3 N–H and O–H groups in total. The van der Waals surface area contributed by atoms with Crippen LogP contribution in [0.4, 0.5) is 10.2 Å². The second-order valence-electron chi connectivity index (χ2n) is 7.27. The third-order valence-corrected chi connectivity index (χ3v) is 5.25. The first-order valence-corrected chi connectivity index (χ1v) is 10.2. The van der Waals surface area contributed by atoms with Gasteiger partial charge in [-0.25, -0.2) is 9.37 Å². The molecule has 6 heteroatoms. The lowest BCUT2D eigenvalue weighted by Crippen LogP contribution is -2.16. The highest BCUT2D eigenvalue weighted by Crippen LogP contribution is 2.42. The average molecular weight is 414 g/mol. The maximum Gasteiger partial charge on any atom is 0.125 e. The van der Waals surface area contributed by atoms with E-state index in [1.165, 1.54) is 12.1 Å². The molecule has 1 atom stereocenters. The van der Waals surface area contributed by atoms with E-state index in [1.54, 1.807) is 12.4 Å². The van der Waals surface area contributed by atoms with E-state index in [2.05, 4.69) is 38.5 Å². The van der Waals surface area contributed by atoms with Crippen LogP contribution in [-0.4, -0.2) is 28.0 Å². The van der Waals surface area contributed by atoms with Crippen molar-refractivity contribution >= 4 is 5.82 Å². The molecule has 0 aliphatic heterocycles. The van der Waals surface area contributed by atoms with Gasteiger partial charge < -0.3 is 11.1 Å². The average Bonchev–Trinajstić information content (AvgIpc) is 2.83. The summed E-state index contributed by atoms with van der Waals surface area (Å²) in [7, 11) is 0. The number of anilines is 1. The van der Waals surface area contributed by atoms with E-state index in [1.807, 2.05) is 48.9 Å². The summed E-state index contributed by atoms with van der Waals surface area (Å²) >= 11 is 0. The van der Waals surface area contributed by atoms with Crippen LogP contribution in [0.1, 0.15) is 34.1 Å². The fourth-order valence-corrected chi connectivity index (χ4v) is 3.84. The number of hydrogen-bond donors (Lipinski definition) is 2. The highest BCUT2D eigenvalue weighted by atomic mass is 19.1. The first-order valence-electron chi connectivity index (χ1n) is 10.2. The number of nitrogens with one attached hydrogen (secondary N) is 1. The molecule has 0 aliphatic carbocycles. The van der Waals surface area contributed by atoms with Crippen LogP contribution >= 0.6 is 0 Å². The minimum atomic E-state index is -0.263. The lowest BCUT2D eigenvalue weighted by molar-refractivity contribution is 0.623. The van der Waals surface area contributed by atoms with E-state index in [9.17, 15) is 4.39 Å². The van der Waals surface area contributed by atoms with E-state index in [4.69, 9.17) is 5.73 Å². The molecule has 156 valence electrons. The molecule has 0 amide bonds. The number of hydrogen-bond acceptors (Lipinski definition) is 5. The zero-order valence-corrected chi connectivity index (χ0v) is 17.0. The third kappa shape index (κ3) is 4.92. The quantitative estimate of drug-likeness (QED) is 0.449. The predicted octanol–water partition coefficient (Wildman–Crippen LogP) is 4.35. The summed E-state index contributed by atoms with van der Waals surface area (Å²) in [5.41, 5.74) is 9.69. The van der Waals surface area contributed by atoms with Gasteiger partial charge in [-0.15, -0.1) is 0 Å². The van der Waals surface area contributed by atoms with Gasteiger partial charge in [0.15, 0.2) is 0 Å². The molecule has 4 rings (SSSR count). The summed E-state index contributed by atoms with van der Waals surface area (Å²) < 4.78 is 13.7.